The van der Waals surface area contributed by atoms with Crippen LogP contribution in [0.15, 0.2) is 60.7 Å². The largest absolute Gasteiger partial charge is 4.00 e. The van der Waals surface area contributed by atoms with E-state index in [0.29, 0.717) is 0 Å². The van der Waals surface area contributed by atoms with Gasteiger partial charge >= 0.3 is 26.2 Å². The molecule has 116 valence electrons. The summed E-state index contributed by atoms with van der Waals surface area (Å²) >= 11 is 9.65. The molecule has 2 aromatic rings. The van der Waals surface area contributed by atoms with Crippen molar-refractivity contribution in [1.29, 1.82) is 0 Å². The van der Waals surface area contributed by atoms with Gasteiger partial charge in [0.15, 0.2) is 0 Å². The molecule has 2 rings (SSSR count). The van der Waals surface area contributed by atoms with Crippen molar-refractivity contribution in [2.24, 2.45) is 0 Å². The molecular formula is C18H28S2Zr. The number of hydrogen-bond donors (Lipinski definition) is 0. The molecule has 0 aliphatic rings. The fraction of sp³-hybridized carbons (Fsp3) is 0.444. The van der Waals surface area contributed by atoms with Crippen LogP contribution in [-0.2, 0) is 51.5 Å². The zero-order valence-electron chi connectivity index (χ0n) is 14.1. The van der Waals surface area contributed by atoms with Gasteiger partial charge in [0.25, 0.3) is 0 Å². The maximum Gasteiger partial charge on any atom is 4.00 e. The fourth-order valence-electron chi connectivity index (χ4n) is 0.642. The molecule has 0 unspecified atom stereocenters. The van der Waals surface area contributed by atoms with E-state index < -0.39 is 0 Å². The monoisotopic (exact) mass is 398 g/mol. The molecule has 0 saturated carbocycles. The van der Waals surface area contributed by atoms with Crippen molar-refractivity contribution in [3.05, 3.63) is 60.7 Å². The van der Waals surface area contributed by atoms with E-state index in [4.69, 9.17) is 25.3 Å². The van der Waals surface area contributed by atoms with Crippen molar-refractivity contribution in [2.45, 2.75) is 51.0 Å². The van der Waals surface area contributed by atoms with Crippen molar-refractivity contribution >= 4 is 25.3 Å². The van der Waals surface area contributed by atoms with Gasteiger partial charge in [0.2, 0.25) is 0 Å². The molecule has 0 atom stereocenters. The fourth-order valence-corrected chi connectivity index (χ4v) is 0.642. The molecule has 0 heterocycles. The van der Waals surface area contributed by atoms with Crippen LogP contribution < -0.4 is 0 Å². The number of rotatable bonds is 0. The van der Waals surface area contributed by atoms with Gasteiger partial charge in [0.05, 0.1) is 0 Å². The van der Waals surface area contributed by atoms with Crippen LogP contribution in [0.2, 0.25) is 0 Å². The quantitative estimate of drug-likeness (QED) is 0.425. The molecule has 0 saturated heterocycles. The van der Waals surface area contributed by atoms with Crippen LogP contribution in [-0.4, -0.2) is 9.49 Å². The summed E-state index contributed by atoms with van der Waals surface area (Å²) in [6, 6.07) is 20.0. The van der Waals surface area contributed by atoms with E-state index in [1.54, 1.807) is 0 Å². The first-order valence-electron chi connectivity index (χ1n) is 6.74. The molecule has 0 aliphatic heterocycles. The van der Waals surface area contributed by atoms with Crippen LogP contribution in [0.5, 0.6) is 0 Å². The Hall–Kier alpha value is 0.283. The van der Waals surface area contributed by atoms with E-state index in [9.17, 15) is 0 Å². The molecule has 0 spiro atoms. The minimum atomic E-state index is 0. The van der Waals surface area contributed by atoms with Crippen LogP contribution in [0.25, 0.3) is 0 Å². The van der Waals surface area contributed by atoms with Crippen LogP contribution in [0.4, 0.5) is 0 Å². The predicted octanol–water partition coefficient (Wildman–Crippen LogP) is 5.47. The van der Waals surface area contributed by atoms with Crippen LogP contribution in [0.3, 0.4) is 0 Å². The predicted molar refractivity (Wildman–Crippen MR) is 98.3 cm³/mol. The summed E-state index contributed by atoms with van der Waals surface area (Å²) in [7, 11) is 0. The minimum absolute atomic E-state index is 0. The molecule has 0 nitrogen and oxygen atoms in total. The summed E-state index contributed by atoms with van der Waals surface area (Å²) in [5, 5.41) is 0. The van der Waals surface area contributed by atoms with Crippen molar-refractivity contribution in [1.82, 2.24) is 0 Å². The second-order valence-corrected chi connectivity index (χ2v) is 8.60. The van der Waals surface area contributed by atoms with Crippen LogP contribution >= 0.6 is 0 Å². The topological polar surface area (TPSA) is 0 Å². The smallest absolute Gasteiger partial charge is 0.787 e. The number of hydrogen-bond acceptors (Lipinski definition) is 2. The molecule has 0 bridgehead atoms. The summed E-state index contributed by atoms with van der Waals surface area (Å²) in [6.07, 6.45) is 0. The van der Waals surface area contributed by atoms with E-state index in [1.165, 1.54) is 0 Å². The van der Waals surface area contributed by atoms with Crippen molar-refractivity contribution in [3.63, 3.8) is 0 Å². The minimum Gasteiger partial charge on any atom is -0.787 e. The molecule has 0 amide bonds. The van der Waals surface area contributed by atoms with Crippen molar-refractivity contribution in [2.75, 3.05) is 0 Å². The Morgan fingerprint density at radius 3 is 0.762 bits per heavy atom. The standard InChI is InChI=1S/2C5H5.2C4H10S.Zr/c2*1-2-4-5-3-1;2*1-4(2,3)5;/h2*1-5H;2*5H,1-3H3;/q2*-1;;;+4/p-2. The maximum atomic E-state index is 4.83. The third kappa shape index (κ3) is 64.1. The Balaban J connectivity index is -0.000000202. The Morgan fingerprint density at radius 1 is 0.571 bits per heavy atom. The van der Waals surface area contributed by atoms with Gasteiger partial charge in [-0.2, -0.15) is 45.9 Å². The summed E-state index contributed by atoms with van der Waals surface area (Å²) in [6.45, 7) is 12.0. The summed E-state index contributed by atoms with van der Waals surface area (Å²) in [4.78, 5) is 0. The summed E-state index contributed by atoms with van der Waals surface area (Å²) < 4.78 is 0.167. The van der Waals surface area contributed by atoms with Gasteiger partial charge in [-0.25, -0.2) is 24.3 Å². The van der Waals surface area contributed by atoms with E-state index in [0.717, 1.165) is 0 Å². The first-order valence-corrected chi connectivity index (χ1v) is 7.56. The van der Waals surface area contributed by atoms with Gasteiger partial charge in [0.1, 0.15) is 0 Å². The average molecular weight is 400 g/mol. The Kier molecular flexibility index (Phi) is 18.9. The summed E-state index contributed by atoms with van der Waals surface area (Å²) in [5.41, 5.74) is 0. The molecule has 0 aromatic heterocycles. The molecule has 0 aliphatic carbocycles. The molecule has 2 aromatic carbocycles. The SMILES string of the molecule is CC(C)(C)[S-].CC(C)(C)[S-].[Zr+4].c1cc[cH-]c1.c1cc[cH-]c1. The zero-order valence-corrected chi connectivity index (χ0v) is 18.2. The van der Waals surface area contributed by atoms with Crippen LogP contribution in [0, 0.1) is 0 Å². The summed E-state index contributed by atoms with van der Waals surface area (Å²) in [5.74, 6) is 0. The van der Waals surface area contributed by atoms with Crippen molar-refractivity contribution in [3.8, 4) is 0 Å². The first-order chi connectivity index (χ1) is 9.00. The van der Waals surface area contributed by atoms with Gasteiger partial charge in [0, 0.05) is 0 Å². The third-order valence-electron chi connectivity index (χ3n) is 1.11. The van der Waals surface area contributed by atoms with E-state index in [2.05, 4.69) is 0 Å². The van der Waals surface area contributed by atoms with Gasteiger partial charge in [-0.15, -0.1) is 0 Å². The molecular weight excluding hydrogens is 372 g/mol. The molecule has 0 fully saturated rings. The third-order valence-corrected chi connectivity index (χ3v) is 1.11. The van der Waals surface area contributed by atoms with E-state index >= 15 is 0 Å². The first kappa shape index (κ1) is 26.2. The van der Waals surface area contributed by atoms with Crippen LogP contribution in [0.1, 0.15) is 41.5 Å². The normalized spacial score (nSPS) is 9.52. The van der Waals surface area contributed by atoms with Gasteiger partial charge < -0.3 is 25.3 Å². The van der Waals surface area contributed by atoms with E-state index in [-0.39, 0.29) is 35.7 Å². The van der Waals surface area contributed by atoms with Gasteiger partial charge in [-0.3, -0.25) is 0 Å². The van der Waals surface area contributed by atoms with Gasteiger partial charge in [-0.05, 0) is 0 Å². The Bertz CT molecular complexity index is 266. The molecule has 0 N–H and O–H groups in total. The molecule has 21 heavy (non-hydrogen) atoms. The second kappa shape index (κ2) is 15.2. The zero-order chi connectivity index (χ0) is 16.1. The Labute approximate surface area is 162 Å². The Morgan fingerprint density at radius 2 is 0.714 bits per heavy atom. The maximum absolute atomic E-state index is 4.83. The average Bonchev–Trinajstić information content (AvgIpc) is 2.92. The molecule has 0 radical (unpaired) electrons. The van der Waals surface area contributed by atoms with Crippen molar-refractivity contribution < 1.29 is 26.2 Å². The molecule has 3 heteroatoms. The van der Waals surface area contributed by atoms with E-state index in [1.807, 2.05) is 102 Å². The second-order valence-electron chi connectivity index (χ2n) is 6.15. The van der Waals surface area contributed by atoms with Gasteiger partial charge in [-0.1, -0.05) is 41.5 Å².